The zero-order chi connectivity index (χ0) is 13.5. The molecule has 1 heterocycles. The number of carbonyl (C=O) groups is 1. The number of H-pyrrole nitrogens is 1. The fourth-order valence-corrected chi connectivity index (χ4v) is 1.63. The molecule has 7 nitrogen and oxygen atoms in total. The van der Waals surface area contributed by atoms with Gasteiger partial charge in [-0.05, 0) is 29.5 Å². The van der Waals surface area contributed by atoms with Crippen molar-refractivity contribution < 1.29 is 14.6 Å². The maximum absolute atomic E-state index is 11.3. The molecule has 8 heteroatoms. The van der Waals surface area contributed by atoms with Gasteiger partial charge in [-0.3, -0.25) is 9.59 Å². The van der Waals surface area contributed by atoms with Gasteiger partial charge in [0.05, 0.1) is 31.5 Å². The monoisotopic (exact) mass is 367 g/mol. The Morgan fingerprint density at radius 2 is 2.44 bits per heavy atom. The first kappa shape index (κ1) is 14.9. The van der Waals surface area contributed by atoms with Crippen LogP contribution in [0.4, 0.5) is 5.69 Å². The van der Waals surface area contributed by atoms with E-state index in [1.807, 2.05) is 29.5 Å². The van der Waals surface area contributed by atoms with Crippen LogP contribution in [-0.2, 0) is 9.53 Å². The molecule has 0 saturated heterocycles. The zero-order valence-electron chi connectivity index (χ0n) is 9.77. The Morgan fingerprint density at radius 1 is 1.72 bits per heavy atom. The van der Waals surface area contributed by atoms with Crippen molar-refractivity contribution in [3.05, 3.63) is 20.1 Å². The third-order valence-electron chi connectivity index (χ3n) is 2.03. The molecule has 0 aliphatic rings. The van der Waals surface area contributed by atoms with E-state index < -0.39 is 5.97 Å². The van der Waals surface area contributed by atoms with E-state index in [1.54, 1.807) is 0 Å². The van der Waals surface area contributed by atoms with E-state index in [4.69, 9.17) is 9.84 Å². The van der Waals surface area contributed by atoms with Crippen LogP contribution in [0.3, 0.4) is 0 Å². The van der Waals surface area contributed by atoms with Crippen LogP contribution in [0.1, 0.15) is 13.3 Å². The molecule has 1 rings (SSSR count). The summed E-state index contributed by atoms with van der Waals surface area (Å²) in [5.74, 6) is -0.885. The van der Waals surface area contributed by atoms with Gasteiger partial charge in [-0.25, -0.2) is 5.10 Å². The number of aromatic amines is 1. The Morgan fingerprint density at radius 3 is 3.11 bits per heavy atom. The maximum atomic E-state index is 11.3. The highest BCUT2D eigenvalue weighted by molar-refractivity contribution is 14.1. The van der Waals surface area contributed by atoms with Crippen LogP contribution in [-0.4, -0.2) is 40.5 Å². The number of carboxylic acid groups (broad SMARTS) is 1. The van der Waals surface area contributed by atoms with Crippen LogP contribution in [0.15, 0.2) is 11.0 Å². The molecule has 0 saturated carbocycles. The molecule has 0 aliphatic carbocycles. The largest absolute Gasteiger partial charge is 0.481 e. The second-order valence-electron chi connectivity index (χ2n) is 3.69. The minimum absolute atomic E-state index is 0.0170. The van der Waals surface area contributed by atoms with Crippen LogP contribution in [0, 0.1) is 3.57 Å². The average molecular weight is 367 g/mol. The van der Waals surface area contributed by atoms with E-state index in [9.17, 15) is 9.59 Å². The van der Waals surface area contributed by atoms with Crippen LogP contribution < -0.4 is 10.9 Å². The fraction of sp³-hybridized carbons (Fsp3) is 0.500. The quantitative estimate of drug-likeness (QED) is 0.483. The van der Waals surface area contributed by atoms with E-state index in [2.05, 4.69) is 15.5 Å². The van der Waals surface area contributed by atoms with Gasteiger partial charge in [0.2, 0.25) is 0 Å². The fourth-order valence-electron chi connectivity index (χ4n) is 1.21. The first-order valence-electron chi connectivity index (χ1n) is 5.30. The predicted octanol–water partition coefficient (Wildman–Crippen LogP) is 0.666. The molecular formula is C10H14IN3O4. The SMILES string of the molecule is C[C@@H](COCCC(=O)O)Nc1cn[nH]c(=O)c1I. The number of carboxylic acids is 1. The number of aliphatic carboxylic acids is 1. The summed E-state index contributed by atoms with van der Waals surface area (Å²) < 4.78 is 5.72. The summed E-state index contributed by atoms with van der Waals surface area (Å²) in [5.41, 5.74) is 0.383. The van der Waals surface area contributed by atoms with Crippen molar-refractivity contribution in [3.63, 3.8) is 0 Å². The molecule has 0 aromatic carbocycles. The highest BCUT2D eigenvalue weighted by atomic mass is 127. The van der Waals surface area contributed by atoms with E-state index >= 15 is 0 Å². The van der Waals surface area contributed by atoms with Gasteiger partial charge in [0.25, 0.3) is 5.56 Å². The van der Waals surface area contributed by atoms with Crippen molar-refractivity contribution in [2.24, 2.45) is 0 Å². The Hall–Kier alpha value is -1.16. The molecule has 3 N–H and O–H groups in total. The smallest absolute Gasteiger partial charge is 0.305 e. The molecule has 0 unspecified atom stereocenters. The lowest BCUT2D eigenvalue weighted by molar-refractivity contribution is -0.138. The second-order valence-corrected chi connectivity index (χ2v) is 4.77. The molecule has 0 bridgehead atoms. The topological polar surface area (TPSA) is 104 Å². The molecule has 0 amide bonds. The van der Waals surface area contributed by atoms with Crippen molar-refractivity contribution in [1.29, 1.82) is 0 Å². The van der Waals surface area contributed by atoms with Gasteiger partial charge in [0.1, 0.15) is 3.57 Å². The van der Waals surface area contributed by atoms with E-state index in [0.717, 1.165) is 0 Å². The number of halogens is 1. The van der Waals surface area contributed by atoms with Gasteiger partial charge in [0, 0.05) is 6.04 Å². The summed E-state index contributed by atoms with van der Waals surface area (Å²) in [6.07, 6.45) is 1.51. The van der Waals surface area contributed by atoms with Gasteiger partial charge < -0.3 is 15.2 Å². The number of hydrogen-bond acceptors (Lipinski definition) is 5. The summed E-state index contributed by atoms with van der Waals surface area (Å²) >= 11 is 1.93. The minimum atomic E-state index is -0.885. The number of anilines is 1. The lowest BCUT2D eigenvalue weighted by Crippen LogP contribution is -2.25. The number of nitrogens with zero attached hydrogens (tertiary/aromatic N) is 1. The average Bonchev–Trinajstić information content (AvgIpc) is 2.30. The number of hydrogen-bond donors (Lipinski definition) is 3. The van der Waals surface area contributed by atoms with Crippen molar-refractivity contribution in [3.8, 4) is 0 Å². The third kappa shape index (κ3) is 5.00. The second kappa shape index (κ2) is 7.31. The van der Waals surface area contributed by atoms with E-state index in [0.29, 0.717) is 15.9 Å². The van der Waals surface area contributed by atoms with Crippen LogP contribution >= 0.6 is 22.6 Å². The summed E-state index contributed by atoms with van der Waals surface area (Å²) in [6.45, 7) is 2.40. The lowest BCUT2D eigenvalue weighted by Gasteiger charge is -2.15. The van der Waals surface area contributed by atoms with E-state index in [1.165, 1.54) is 6.20 Å². The standard InChI is InChI=1S/C10H14IN3O4/c1-6(5-18-3-2-8(15)16)13-7-4-12-14-10(17)9(7)11/h4,6H,2-3,5H2,1H3,(H,15,16)(H2,13,14,17)/t6-/m0/s1. The normalized spacial score (nSPS) is 12.1. The van der Waals surface area contributed by atoms with Crippen molar-refractivity contribution in [1.82, 2.24) is 10.2 Å². The molecule has 0 radical (unpaired) electrons. The zero-order valence-corrected chi connectivity index (χ0v) is 11.9. The molecule has 0 spiro atoms. The Kier molecular flexibility index (Phi) is 6.05. The van der Waals surface area contributed by atoms with E-state index in [-0.39, 0.29) is 24.6 Å². The Bertz CT molecular complexity index is 463. The molecule has 0 aliphatic heterocycles. The van der Waals surface area contributed by atoms with Crippen molar-refractivity contribution in [2.45, 2.75) is 19.4 Å². The van der Waals surface area contributed by atoms with Gasteiger partial charge in [-0.2, -0.15) is 5.10 Å². The highest BCUT2D eigenvalue weighted by Gasteiger charge is 2.08. The van der Waals surface area contributed by atoms with Crippen LogP contribution in [0.2, 0.25) is 0 Å². The van der Waals surface area contributed by atoms with Crippen molar-refractivity contribution in [2.75, 3.05) is 18.5 Å². The lowest BCUT2D eigenvalue weighted by atomic mass is 10.3. The molecule has 1 aromatic rings. The molecule has 1 atom stereocenters. The number of nitrogens with one attached hydrogen (secondary N) is 2. The highest BCUT2D eigenvalue weighted by Crippen LogP contribution is 2.12. The minimum Gasteiger partial charge on any atom is -0.481 e. The number of aromatic nitrogens is 2. The maximum Gasteiger partial charge on any atom is 0.305 e. The Labute approximate surface area is 117 Å². The molecule has 0 fully saturated rings. The van der Waals surface area contributed by atoms with Crippen LogP contribution in [0.5, 0.6) is 0 Å². The molecule has 1 aromatic heterocycles. The summed E-state index contributed by atoms with van der Waals surface area (Å²) in [7, 11) is 0. The molecular weight excluding hydrogens is 353 g/mol. The number of rotatable bonds is 7. The van der Waals surface area contributed by atoms with Gasteiger partial charge in [-0.15, -0.1) is 0 Å². The summed E-state index contributed by atoms with van der Waals surface area (Å²) in [6, 6.07) is -0.0455. The first-order valence-corrected chi connectivity index (χ1v) is 6.38. The first-order chi connectivity index (χ1) is 8.50. The van der Waals surface area contributed by atoms with Gasteiger partial charge in [0.15, 0.2) is 0 Å². The van der Waals surface area contributed by atoms with Crippen molar-refractivity contribution >= 4 is 34.2 Å². The molecule has 100 valence electrons. The van der Waals surface area contributed by atoms with Gasteiger partial charge in [-0.1, -0.05) is 0 Å². The Balaban J connectivity index is 2.40. The predicted molar refractivity (Wildman–Crippen MR) is 73.7 cm³/mol. The summed E-state index contributed by atoms with van der Waals surface area (Å²) in [5, 5.41) is 17.5. The molecule has 18 heavy (non-hydrogen) atoms. The third-order valence-corrected chi connectivity index (χ3v) is 3.10. The van der Waals surface area contributed by atoms with Gasteiger partial charge >= 0.3 is 5.97 Å². The number of ether oxygens (including phenoxy) is 1. The summed E-state index contributed by atoms with van der Waals surface area (Å²) in [4.78, 5) is 21.6. The van der Waals surface area contributed by atoms with Crippen LogP contribution in [0.25, 0.3) is 0 Å².